The topological polar surface area (TPSA) is 58.6 Å². The second-order valence-electron chi connectivity index (χ2n) is 7.60. The van der Waals surface area contributed by atoms with E-state index < -0.39 is 0 Å². The third-order valence-corrected chi connectivity index (χ3v) is 5.49. The Kier molecular flexibility index (Phi) is 5.34. The van der Waals surface area contributed by atoms with Crippen molar-refractivity contribution < 1.29 is 9.53 Å². The van der Waals surface area contributed by atoms with Gasteiger partial charge in [-0.2, -0.15) is 0 Å². The highest BCUT2D eigenvalue weighted by molar-refractivity contribution is 5.79. The largest absolute Gasteiger partial charge is 0.379 e. The first kappa shape index (κ1) is 17.9. The summed E-state index contributed by atoms with van der Waals surface area (Å²) in [5.74, 6) is 0.946. The zero-order valence-electron chi connectivity index (χ0n) is 15.6. The van der Waals surface area contributed by atoms with E-state index in [-0.39, 0.29) is 11.3 Å². The lowest BCUT2D eigenvalue weighted by Gasteiger charge is -2.43. The molecule has 4 rings (SSSR count). The number of aromatic nitrogens is 2. The Labute approximate surface area is 160 Å². The van der Waals surface area contributed by atoms with Gasteiger partial charge in [0.25, 0.3) is 0 Å². The van der Waals surface area contributed by atoms with Crippen LogP contribution in [-0.2, 0) is 16.0 Å². The molecule has 3 heterocycles. The van der Waals surface area contributed by atoms with Crippen molar-refractivity contribution >= 4 is 11.9 Å². The van der Waals surface area contributed by atoms with Crippen molar-refractivity contribution in [2.75, 3.05) is 44.3 Å². The number of anilines is 1. The van der Waals surface area contributed by atoms with Gasteiger partial charge in [-0.3, -0.25) is 4.79 Å². The van der Waals surface area contributed by atoms with Gasteiger partial charge in [0.1, 0.15) is 0 Å². The van der Waals surface area contributed by atoms with E-state index in [0.29, 0.717) is 19.6 Å². The molecule has 1 spiro atoms. The number of ether oxygens (including phenoxy) is 1. The number of piperidine rings is 1. The predicted octanol–water partition coefficient (Wildman–Crippen LogP) is 2.16. The highest BCUT2D eigenvalue weighted by Gasteiger charge is 2.40. The molecule has 6 heteroatoms. The molecule has 27 heavy (non-hydrogen) atoms. The van der Waals surface area contributed by atoms with Crippen molar-refractivity contribution in [2.24, 2.45) is 5.41 Å². The molecule has 2 aromatic rings. The van der Waals surface area contributed by atoms with Crippen molar-refractivity contribution in [3.63, 3.8) is 0 Å². The summed E-state index contributed by atoms with van der Waals surface area (Å²) in [6.07, 6.45) is 6.08. The second-order valence-corrected chi connectivity index (χ2v) is 7.60. The predicted molar refractivity (Wildman–Crippen MR) is 103 cm³/mol. The Hall–Kier alpha value is -2.47. The standard InChI is InChI=1S/C21H26N4O2/c26-19(14-18-6-2-1-3-7-18)24-11-4-8-21(15-24)16-25(12-13-27-17-21)20-22-9-5-10-23-20/h1-3,5-7,9-10H,4,8,11-17H2. The number of rotatable bonds is 3. The van der Waals surface area contributed by atoms with Crippen LogP contribution < -0.4 is 4.90 Å². The fourth-order valence-corrected chi connectivity index (χ4v) is 4.17. The van der Waals surface area contributed by atoms with E-state index in [0.717, 1.165) is 50.5 Å². The molecule has 1 atom stereocenters. The van der Waals surface area contributed by atoms with E-state index >= 15 is 0 Å². The Morgan fingerprint density at radius 2 is 1.89 bits per heavy atom. The quantitative estimate of drug-likeness (QED) is 0.833. The first-order chi connectivity index (χ1) is 13.2. The van der Waals surface area contributed by atoms with Crippen LogP contribution in [0.1, 0.15) is 18.4 Å². The number of likely N-dealkylation sites (tertiary alicyclic amines) is 1. The summed E-state index contributed by atoms with van der Waals surface area (Å²) in [6.45, 7) is 4.52. The number of nitrogens with zero attached hydrogens (tertiary/aromatic N) is 4. The van der Waals surface area contributed by atoms with Gasteiger partial charge in [0.05, 0.1) is 19.6 Å². The molecule has 2 aliphatic heterocycles. The van der Waals surface area contributed by atoms with Crippen LogP contribution in [0.5, 0.6) is 0 Å². The number of carbonyl (C=O) groups is 1. The summed E-state index contributed by atoms with van der Waals surface area (Å²) in [6, 6.07) is 11.8. The van der Waals surface area contributed by atoms with Crippen molar-refractivity contribution in [2.45, 2.75) is 19.3 Å². The fraction of sp³-hybridized carbons (Fsp3) is 0.476. The molecular formula is C21H26N4O2. The average Bonchev–Trinajstić information content (AvgIpc) is 2.92. The minimum atomic E-state index is -0.0553. The number of hydrogen-bond acceptors (Lipinski definition) is 5. The summed E-state index contributed by atoms with van der Waals surface area (Å²) in [5, 5.41) is 0. The van der Waals surface area contributed by atoms with E-state index in [1.165, 1.54) is 0 Å². The van der Waals surface area contributed by atoms with Gasteiger partial charge in [-0.1, -0.05) is 30.3 Å². The maximum atomic E-state index is 12.9. The monoisotopic (exact) mass is 366 g/mol. The third kappa shape index (κ3) is 4.27. The molecule has 2 aliphatic rings. The minimum absolute atomic E-state index is 0.0553. The number of amides is 1. The van der Waals surface area contributed by atoms with Gasteiger partial charge >= 0.3 is 0 Å². The maximum absolute atomic E-state index is 12.9. The van der Waals surface area contributed by atoms with Gasteiger partial charge in [-0.15, -0.1) is 0 Å². The Morgan fingerprint density at radius 3 is 2.70 bits per heavy atom. The van der Waals surface area contributed by atoms with Gasteiger partial charge in [-0.25, -0.2) is 9.97 Å². The number of benzene rings is 1. The molecule has 0 N–H and O–H groups in total. The van der Waals surface area contributed by atoms with E-state index in [9.17, 15) is 4.79 Å². The molecule has 2 saturated heterocycles. The highest BCUT2D eigenvalue weighted by Crippen LogP contribution is 2.34. The van der Waals surface area contributed by atoms with Crippen LogP contribution in [-0.4, -0.2) is 60.2 Å². The molecule has 1 aromatic carbocycles. The van der Waals surface area contributed by atoms with Crippen LogP contribution in [0.2, 0.25) is 0 Å². The van der Waals surface area contributed by atoms with E-state index in [1.54, 1.807) is 12.4 Å². The molecule has 142 valence electrons. The van der Waals surface area contributed by atoms with Gasteiger partial charge in [0, 0.05) is 44.0 Å². The molecule has 2 fully saturated rings. The molecular weight excluding hydrogens is 340 g/mol. The summed E-state index contributed by atoms with van der Waals surface area (Å²) in [7, 11) is 0. The molecule has 1 unspecified atom stereocenters. The molecule has 1 amide bonds. The van der Waals surface area contributed by atoms with Gasteiger partial charge in [-0.05, 0) is 24.5 Å². The fourth-order valence-electron chi connectivity index (χ4n) is 4.17. The van der Waals surface area contributed by atoms with Gasteiger partial charge in [0.15, 0.2) is 0 Å². The van der Waals surface area contributed by atoms with Crippen LogP contribution in [0.15, 0.2) is 48.8 Å². The first-order valence-electron chi connectivity index (χ1n) is 9.66. The van der Waals surface area contributed by atoms with Crippen molar-refractivity contribution in [1.82, 2.24) is 14.9 Å². The zero-order valence-corrected chi connectivity index (χ0v) is 15.6. The smallest absolute Gasteiger partial charge is 0.227 e. The summed E-state index contributed by atoms with van der Waals surface area (Å²) < 4.78 is 5.95. The molecule has 0 bridgehead atoms. The van der Waals surface area contributed by atoms with E-state index in [1.807, 2.05) is 41.3 Å². The summed E-state index contributed by atoms with van der Waals surface area (Å²) in [4.78, 5) is 25.9. The second kappa shape index (κ2) is 8.05. The maximum Gasteiger partial charge on any atom is 0.227 e. The Bertz CT molecular complexity index is 755. The molecule has 0 radical (unpaired) electrons. The molecule has 1 aromatic heterocycles. The molecule has 6 nitrogen and oxygen atoms in total. The lowest BCUT2D eigenvalue weighted by molar-refractivity contribution is -0.134. The zero-order chi connectivity index (χ0) is 18.5. The lowest BCUT2D eigenvalue weighted by Crippen LogP contribution is -2.52. The van der Waals surface area contributed by atoms with Crippen molar-refractivity contribution in [3.8, 4) is 0 Å². The minimum Gasteiger partial charge on any atom is -0.379 e. The Morgan fingerprint density at radius 1 is 1.07 bits per heavy atom. The normalized spacial score (nSPS) is 23.3. The summed E-state index contributed by atoms with van der Waals surface area (Å²) >= 11 is 0. The molecule has 0 aliphatic carbocycles. The van der Waals surface area contributed by atoms with Crippen LogP contribution in [0.3, 0.4) is 0 Å². The van der Waals surface area contributed by atoms with Crippen LogP contribution >= 0.6 is 0 Å². The van der Waals surface area contributed by atoms with Crippen molar-refractivity contribution in [3.05, 3.63) is 54.4 Å². The van der Waals surface area contributed by atoms with Gasteiger partial charge < -0.3 is 14.5 Å². The lowest BCUT2D eigenvalue weighted by atomic mass is 9.80. The van der Waals surface area contributed by atoms with Crippen LogP contribution in [0.4, 0.5) is 5.95 Å². The molecule has 0 saturated carbocycles. The number of hydrogen-bond donors (Lipinski definition) is 0. The van der Waals surface area contributed by atoms with E-state index in [4.69, 9.17) is 4.74 Å². The van der Waals surface area contributed by atoms with Crippen LogP contribution in [0.25, 0.3) is 0 Å². The van der Waals surface area contributed by atoms with Gasteiger partial charge in [0.2, 0.25) is 11.9 Å². The summed E-state index contributed by atoms with van der Waals surface area (Å²) in [5.41, 5.74) is 1.01. The van der Waals surface area contributed by atoms with Crippen molar-refractivity contribution in [1.29, 1.82) is 0 Å². The number of carbonyl (C=O) groups excluding carboxylic acids is 1. The Balaban J connectivity index is 1.47. The average molecular weight is 366 g/mol. The third-order valence-electron chi connectivity index (χ3n) is 5.49. The first-order valence-corrected chi connectivity index (χ1v) is 9.66. The van der Waals surface area contributed by atoms with E-state index in [2.05, 4.69) is 14.9 Å². The highest BCUT2D eigenvalue weighted by atomic mass is 16.5. The SMILES string of the molecule is O=C(Cc1ccccc1)N1CCCC2(COCCN(c3ncccn3)C2)C1. The van der Waals surface area contributed by atoms with Crippen LogP contribution in [0, 0.1) is 5.41 Å².